The van der Waals surface area contributed by atoms with Gasteiger partial charge in [0.05, 0.1) is 6.61 Å². The number of carbonyl (C=O) groups is 1. The zero-order valence-electron chi connectivity index (χ0n) is 11.2. The molecule has 0 radical (unpaired) electrons. The second-order valence-electron chi connectivity index (χ2n) is 3.94. The van der Waals surface area contributed by atoms with Crippen LogP contribution in [0.25, 0.3) is 0 Å². The SMILES string of the molecule is CCOC(=O)C(CN(CC)C(C)CC)NC. The molecule has 16 heavy (non-hydrogen) atoms. The van der Waals surface area contributed by atoms with Gasteiger partial charge in [0, 0.05) is 12.6 Å². The Bertz CT molecular complexity index is 197. The molecule has 0 aliphatic carbocycles. The normalized spacial score (nSPS) is 14.9. The van der Waals surface area contributed by atoms with Crippen molar-refractivity contribution in [3.63, 3.8) is 0 Å². The highest BCUT2D eigenvalue weighted by Gasteiger charge is 2.22. The Hall–Kier alpha value is -0.610. The van der Waals surface area contributed by atoms with Crippen LogP contribution in [0.5, 0.6) is 0 Å². The van der Waals surface area contributed by atoms with Crippen molar-refractivity contribution in [3.8, 4) is 0 Å². The molecule has 1 N–H and O–H groups in total. The second kappa shape index (κ2) is 8.53. The summed E-state index contributed by atoms with van der Waals surface area (Å²) in [6.45, 7) is 10.4. The summed E-state index contributed by atoms with van der Waals surface area (Å²) in [5.41, 5.74) is 0. The molecule has 0 saturated carbocycles. The van der Waals surface area contributed by atoms with E-state index in [1.165, 1.54) is 0 Å². The van der Waals surface area contributed by atoms with Gasteiger partial charge in [0.1, 0.15) is 6.04 Å². The van der Waals surface area contributed by atoms with Gasteiger partial charge in [0.15, 0.2) is 0 Å². The number of rotatable bonds is 8. The maximum atomic E-state index is 11.6. The fraction of sp³-hybridized carbons (Fsp3) is 0.917. The molecule has 96 valence electrons. The van der Waals surface area contributed by atoms with Crippen molar-refractivity contribution < 1.29 is 9.53 Å². The Morgan fingerprint density at radius 1 is 1.38 bits per heavy atom. The number of hydrogen-bond acceptors (Lipinski definition) is 4. The van der Waals surface area contributed by atoms with Crippen LogP contribution in [0.2, 0.25) is 0 Å². The van der Waals surface area contributed by atoms with Gasteiger partial charge in [-0.1, -0.05) is 13.8 Å². The quantitative estimate of drug-likeness (QED) is 0.637. The molecule has 0 spiro atoms. The lowest BCUT2D eigenvalue weighted by Crippen LogP contribution is -2.48. The fourth-order valence-corrected chi connectivity index (χ4v) is 1.64. The lowest BCUT2D eigenvalue weighted by Gasteiger charge is -2.29. The monoisotopic (exact) mass is 230 g/mol. The molecule has 0 rings (SSSR count). The van der Waals surface area contributed by atoms with Crippen molar-refractivity contribution in [1.29, 1.82) is 0 Å². The molecular formula is C12H26N2O2. The van der Waals surface area contributed by atoms with Gasteiger partial charge < -0.3 is 10.1 Å². The van der Waals surface area contributed by atoms with E-state index in [0.29, 0.717) is 19.2 Å². The topological polar surface area (TPSA) is 41.6 Å². The van der Waals surface area contributed by atoms with Crippen LogP contribution in [0.4, 0.5) is 0 Å². The van der Waals surface area contributed by atoms with E-state index in [1.54, 1.807) is 7.05 Å². The Balaban J connectivity index is 4.32. The third-order valence-corrected chi connectivity index (χ3v) is 2.96. The maximum Gasteiger partial charge on any atom is 0.324 e. The molecule has 0 saturated heterocycles. The lowest BCUT2D eigenvalue weighted by atomic mass is 10.2. The molecular weight excluding hydrogens is 204 g/mol. The molecule has 0 amide bonds. The van der Waals surface area contributed by atoms with Crippen molar-refractivity contribution in [2.75, 3.05) is 26.7 Å². The van der Waals surface area contributed by atoms with Crippen LogP contribution >= 0.6 is 0 Å². The Morgan fingerprint density at radius 3 is 2.38 bits per heavy atom. The highest BCUT2D eigenvalue weighted by atomic mass is 16.5. The van der Waals surface area contributed by atoms with E-state index in [9.17, 15) is 4.79 Å². The van der Waals surface area contributed by atoms with Gasteiger partial charge in [-0.3, -0.25) is 9.69 Å². The van der Waals surface area contributed by atoms with E-state index in [4.69, 9.17) is 4.74 Å². The summed E-state index contributed by atoms with van der Waals surface area (Å²) in [4.78, 5) is 13.9. The summed E-state index contributed by atoms with van der Waals surface area (Å²) in [6, 6.07) is 0.268. The van der Waals surface area contributed by atoms with Crippen molar-refractivity contribution in [2.45, 2.75) is 46.2 Å². The number of nitrogens with zero attached hydrogens (tertiary/aromatic N) is 1. The number of carbonyl (C=O) groups excluding carboxylic acids is 1. The predicted molar refractivity (Wildman–Crippen MR) is 66.5 cm³/mol. The molecule has 0 aliphatic rings. The van der Waals surface area contributed by atoms with Gasteiger partial charge in [-0.05, 0) is 33.9 Å². The maximum absolute atomic E-state index is 11.6. The van der Waals surface area contributed by atoms with Crippen LogP contribution in [-0.4, -0.2) is 49.7 Å². The van der Waals surface area contributed by atoms with Gasteiger partial charge in [-0.2, -0.15) is 0 Å². The predicted octanol–water partition coefficient (Wildman–Crippen LogP) is 1.26. The first-order chi connectivity index (χ1) is 7.60. The first-order valence-corrected chi connectivity index (χ1v) is 6.18. The summed E-state index contributed by atoms with van der Waals surface area (Å²) >= 11 is 0. The zero-order chi connectivity index (χ0) is 12.6. The smallest absolute Gasteiger partial charge is 0.324 e. The van der Waals surface area contributed by atoms with Crippen LogP contribution < -0.4 is 5.32 Å². The molecule has 2 atom stereocenters. The van der Waals surface area contributed by atoms with Crippen molar-refractivity contribution >= 4 is 5.97 Å². The van der Waals surface area contributed by atoms with E-state index in [1.807, 2.05) is 6.92 Å². The molecule has 0 aromatic carbocycles. The summed E-state index contributed by atoms with van der Waals surface area (Å²) in [5, 5.41) is 3.01. The minimum absolute atomic E-state index is 0.160. The summed E-state index contributed by atoms with van der Waals surface area (Å²) in [7, 11) is 1.80. The van der Waals surface area contributed by atoms with Crippen molar-refractivity contribution in [1.82, 2.24) is 10.2 Å². The largest absolute Gasteiger partial charge is 0.465 e. The van der Waals surface area contributed by atoms with Gasteiger partial charge >= 0.3 is 5.97 Å². The standard InChI is InChI=1S/C12H26N2O2/c1-6-10(4)14(7-2)9-11(13-5)12(15)16-8-3/h10-11,13H,6-9H2,1-5H3. The lowest BCUT2D eigenvalue weighted by molar-refractivity contribution is -0.146. The van der Waals surface area contributed by atoms with E-state index in [0.717, 1.165) is 13.0 Å². The van der Waals surface area contributed by atoms with E-state index >= 15 is 0 Å². The van der Waals surface area contributed by atoms with Crippen molar-refractivity contribution in [2.24, 2.45) is 0 Å². The van der Waals surface area contributed by atoms with Gasteiger partial charge in [-0.25, -0.2) is 0 Å². The van der Waals surface area contributed by atoms with E-state index < -0.39 is 0 Å². The third-order valence-electron chi connectivity index (χ3n) is 2.96. The molecule has 0 aromatic heterocycles. The number of esters is 1. The average Bonchev–Trinajstić information content (AvgIpc) is 2.30. The average molecular weight is 230 g/mol. The number of ether oxygens (including phenoxy) is 1. The van der Waals surface area contributed by atoms with Gasteiger partial charge in [-0.15, -0.1) is 0 Å². The second-order valence-corrected chi connectivity index (χ2v) is 3.94. The summed E-state index contributed by atoms with van der Waals surface area (Å²) in [6.07, 6.45) is 1.09. The van der Waals surface area contributed by atoms with Gasteiger partial charge in [0.25, 0.3) is 0 Å². The summed E-state index contributed by atoms with van der Waals surface area (Å²) < 4.78 is 5.03. The van der Waals surface area contributed by atoms with E-state index in [-0.39, 0.29) is 12.0 Å². The minimum Gasteiger partial charge on any atom is -0.465 e. The fourth-order valence-electron chi connectivity index (χ4n) is 1.64. The molecule has 0 aliphatic heterocycles. The highest BCUT2D eigenvalue weighted by molar-refractivity contribution is 5.76. The Morgan fingerprint density at radius 2 is 2.00 bits per heavy atom. The molecule has 4 heteroatoms. The third kappa shape index (κ3) is 4.94. The van der Waals surface area contributed by atoms with Crippen LogP contribution in [-0.2, 0) is 9.53 Å². The Labute approximate surface area is 99.3 Å². The van der Waals surface area contributed by atoms with Crippen LogP contribution in [0.3, 0.4) is 0 Å². The number of likely N-dealkylation sites (N-methyl/N-ethyl adjacent to an activating group) is 2. The molecule has 0 bridgehead atoms. The first kappa shape index (κ1) is 15.4. The van der Waals surface area contributed by atoms with Crippen LogP contribution in [0.15, 0.2) is 0 Å². The minimum atomic E-state index is -0.228. The molecule has 0 aromatic rings. The van der Waals surface area contributed by atoms with Crippen LogP contribution in [0.1, 0.15) is 34.1 Å². The van der Waals surface area contributed by atoms with E-state index in [2.05, 4.69) is 31.0 Å². The van der Waals surface area contributed by atoms with Crippen LogP contribution in [0, 0.1) is 0 Å². The number of hydrogen-bond donors (Lipinski definition) is 1. The number of nitrogens with one attached hydrogen (secondary N) is 1. The van der Waals surface area contributed by atoms with Crippen molar-refractivity contribution in [3.05, 3.63) is 0 Å². The first-order valence-electron chi connectivity index (χ1n) is 6.18. The highest BCUT2D eigenvalue weighted by Crippen LogP contribution is 2.04. The Kier molecular flexibility index (Phi) is 8.21. The summed E-state index contributed by atoms with van der Waals surface area (Å²) in [5.74, 6) is -0.160. The molecule has 0 heterocycles. The van der Waals surface area contributed by atoms with Gasteiger partial charge in [0.2, 0.25) is 0 Å². The molecule has 2 unspecified atom stereocenters. The molecule has 4 nitrogen and oxygen atoms in total. The molecule has 0 fully saturated rings. The zero-order valence-corrected chi connectivity index (χ0v) is 11.2.